The van der Waals surface area contributed by atoms with E-state index >= 15 is 0 Å². The van der Waals surface area contributed by atoms with Gasteiger partial charge >= 0.3 is 5.97 Å². The largest absolute Gasteiger partial charge is 0.462 e. The molecule has 0 aromatic rings. The maximum Gasteiger partial charge on any atom is 0.306 e. The van der Waals surface area contributed by atoms with Gasteiger partial charge in [-0.2, -0.15) is 0 Å². The molecule has 0 spiro atoms. The first kappa shape index (κ1) is 36.9. The van der Waals surface area contributed by atoms with Crippen molar-refractivity contribution in [2.24, 2.45) is 58.2 Å². The molecule has 6 nitrogen and oxygen atoms in total. The molecule has 2 N–H and O–H groups in total. The van der Waals surface area contributed by atoms with Crippen molar-refractivity contribution in [2.45, 2.75) is 156 Å². The van der Waals surface area contributed by atoms with Gasteiger partial charge in [0.15, 0.2) is 0 Å². The topological polar surface area (TPSA) is 87.1 Å². The number of β-amino-alcohol motifs (C(OH)–C–C–N with tert-alkyl or cyclic N) is 1. The van der Waals surface area contributed by atoms with Gasteiger partial charge in [0, 0.05) is 38.3 Å². The van der Waals surface area contributed by atoms with Gasteiger partial charge in [-0.3, -0.25) is 9.59 Å². The van der Waals surface area contributed by atoms with E-state index in [1.165, 1.54) is 44.9 Å². The number of nitrogens with zero attached hydrogens (tertiary/aromatic N) is 1. The number of hydrogen-bond acceptors (Lipinski definition) is 5. The number of allylic oxidation sites excluding steroid dienone is 1. The number of esters is 1. The number of likely N-dealkylation sites (tertiary alicyclic amines) is 1. The zero-order chi connectivity index (χ0) is 33.9. The van der Waals surface area contributed by atoms with Crippen molar-refractivity contribution in [2.75, 3.05) is 19.7 Å². The molecular weight excluding hydrogens is 586 g/mol. The van der Waals surface area contributed by atoms with Crippen LogP contribution >= 0.6 is 0 Å². The lowest BCUT2D eigenvalue weighted by atomic mass is 9.46. The molecule has 0 bridgehead atoms. The van der Waals surface area contributed by atoms with E-state index in [1.807, 2.05) is 0 Å². The Balaban J connectivity index is 1.05. The number of amides is 1. The van der Waals surface area contributed by atoms with Crippen LogP contribution < -0.4 is 0 Å². The van der Waals surface area contributed by atoms with Gasteiger partial charge in [-0.15, -0.1) is 0 Å². The Morgan fingerprint density at radius 1 is 0.936 bits per heavy atom. The second-order valence-electron chi connectivity index (χ2n) is 17.9. The summed E-state index contributed by atoms with van der Waals surface area (Å²) in [6.07, 6.45) is 19.0. The van der Waals surface area contributed by atoms with Crippen LogP contribution in [-0.2, 0) is 14.3 Å². The molecule has 11 atom stereocenters. The fraction of sp³-hybridized carbons (Fsp3) is 0.902. The minimum Gasteiger partial charge on any atom is -0.462 e. The van der Waals surface area contributed by atoms with E-state index in [1.54, 1.807) is 10.5 Å². The Morgan fingerprint density at radius 2 is 1.68 bits per heavy atom. The summed E-state index contributed by atoms with van der Waals surface area (Å²) in [4.78, 5) is 26.9. The number of unbranched alkanes of at least 4 members (excludes halogenated alkanes) is 3. The van der Waals surface area contributed by atoms with E-state index < -0.39 is 6.10 Å². The van der Waals surface area contributed by atoms with Crippen molar-refractivity contribution in [3.05, 3.63) is 11.6 Å². The number of rotatable bonds is 14. The van der Waals surface area contributed by atoms with Gasteiger partial charge in [0.05, 0.1) is 12.7 Å². The van der Waals surface area contributed by atoms with E-state index in [0.29, 0.717) is 31.3 Å². The highest BCUT2D eigenvalue weighted by Crippen LogP contribution is 2.67. The molecule has 5 rings (SSSR count). The summed E-state index contributed by atoms with van der Waals surface area (Å²) >= 11 is 0. The molecule has 1 saturated heterocycles. The minimum absolute atomic E-state index is 0.0208. The van der Waals surface area contributed by atoms with Crippen LogP contribution in [-0.4, -0.2) is 58.9 Å². The second kappa shape index (κ2) is 15.7. The van der Waals surface area contributed by atoms with Crippen LogP contribution in [0.5, 0.6) is 0 Å². The van der Waals surface area contributed by atoms with Crippen molar-refractivity contribution in [1.82, 2.24) is 4.90 Å². The molecule has 4 fully saturated rings. The van der Waals surface area contributed by atoms with Crippen LogP contribution in [0.3, 0.4) is 0 Å². The SMILES string of the molecule is CC(C)CCC(C)C(C)[C@H]1CCC2C3CC=C4C[C@@H](OC(=O)CCCCCCC(=O)N5CC(O)C(CO)C5)CC[C@]4(C)C3CC[C@@]21C. The average molecular weight is 656 g/mol. The van der Waals surface area contributed by atoms with Crippen LogP contribution in [0, 0.1) is 58.2 Å². The quantitative estimate of drug-likeness (QED) is 0.112. The van der Waals surface area contributed by atoms with E-state index in [2.05, 4.69) is 47.6 Å². The van der Waals surface area contributed by atoms with E-state index in [-0.39, 0.29) is 35.9 Å². The van der Waals surface area contributed by atoms with Crippen LogP contribution in [0.2, 0.25) is 0 Å². The first-order chi connectivity index (χ1) is 22.4. The summed E-state index contributed by atoms with van der Waals surface area (Å²) in [7, 11) is 0. The lowest BCUT2D eigenvalue weighted by Crippen LogP contribution is -2.51. The van der Waals surface area contributed by atoms with Gasteiger partial charge in [-0.1, -0.05) is 78.9 Å². The molecule has 3 saturated carbocycles. The zero-order valence-electron chi connectivity index (χ0n) is 30.9. The monoisotopic (exact) mass is 656 g/mol. The molecule has 7 unspecified atom stereocenters. The number of hydrogen-bond donors (Lipinski definition) is 2. The molecule has 0 aromatic carbocycles. The third-order valence-electron chi connectivity index (χ3n) is 14.7. The Morgan fingerprint density at radius 3 is 2.38 bits per heavy atom. The number of carbonyl (C=O) groups excluding carboxylic acids is 2. The standard InChI is InChI=1S/C41H69NO5/c1-27(2)13-14-28(3)29(4)34-17-18-35-33-16-15-31-23-32(19-21-40(31,5)36(33)20-22-41(34,35)6)47-39(46)12-10-8-7-9-11-38(45)42-24-30(26-43)37(44)25-42/h15,27-30,32-37,43-44H,7-14,16-26H2,1-6H3/t28?,29?,30?,32-,33?,34+,35?,36?,37?,40-,41+/m0/s1. The normalized spacial score (nSPS) is 37.9. The molecule has 47 heavy (non-hydrogen) atoms. The van der Waals surface area contributed by atoms with Crippen LogP contribution in [0.4, 0.5) is 0 Å². The minimum atomic E-state index is -0.620. The van der Waals surface area contributed by atoms with E-state index in [4.69, 9.17) is 4.74 Å². The van der Waals surface area contributed by atoms with E-state index in [9.17, 15) is 19.8 Å². The smallest absolute Gasteiger partial charge is 0.306 e. The summed E-state index contributed by atoms with van der Waals surface area (Å²) < 4.78 is 6.06. The number of aliphatic hydroxyl groups is 2. The molecule has 1 aliphatic heterocycles. The molecule has 6 heteroatoms. The Bertz CT molecular complexity index is 1100. The Hall–Kier alpha value is -1.40. The number of aliphatic hydroxyl groups excluding tert-OH is 2. The zero-order valence-corrected chi connectivity index (χ0v) is 30.9. The lowest BCUT2D eigenvalue weighted by Gasteiger charge is -2.58. The third kappa shape index (κ3) is 8.00. The molecule has 0 radical (unpaired) electrons. The molecular formula is C41H69NO5. The van der Waals surface area contributed by atoms with Gasteiger partial charge < -0.3 is 19.8 Å². The van der Waals surface area contributed by atoms with Crippen LogP contribution in [0.1, 0.15) is 144 Å². The van der Waals surface area contributed by atoms with Crippen molar-refractivity contribution in [3.8, 4) is 0 Å². The van der Waals surface area contributed by atoms with Gasteiger partial charge in [0.1, 0.15) is 6.10 Å². The molecule has 1 heterocycles. The first-order valence-electron chi connectivity index (χ1n) is 19.8. The van der Waals surface area contributed by atoms with Crippen LogP contribution in [0.15, 0.2) is 11.6 Å². The average Bonchev–Trinajstić information content (AvgIpc) is 3.60. The predicted molar refractivity (Wildman–Crippen MR) is 188 cm³/mol. The number of fused-ring (bicyclic) bond motifs is 5. The highest BCUT2D eigenvalue weighted by molar-refractivity contribution is 5.76. The maximum absolute atomic E-state index is 12.8. The van der Waals surface area contributed by atoms with Gasteiger partial charge in [0.2, 0.25) is 5.91 Å². The van der Waals surface area contributed by atoms with Crippen molar-refractivity contribution in [3.63, 3.8) is 0 Å². The van der Waals surface area contributed by atoms with Gasteiger partial charge in [-0.05, 0) is 110 Å². The molecule has 5 aliphatic rings. The summed E-state index contributed by atoms with van der Waals surface area (Å²) in [5.74, 6) is 5.54. The maximum atomic E-state index is 12.8. The molecule has 0 aromatic heterocycles. The fourth-order valence-corrected chi connectivity index (χ4v) is 11.4. The van der Waals surface area contributed by atoms with Crippen molar-refractivity contribution >= 4 is 11.9 Å². The molecule has 4 aliphatic carbocycles. The molecule has 1 amide bonds. The highest BCUT2D eigenvalue weighted by Gasteiger charge is 2.59. The summed E-state index contributed by atoms with van der Waals surface area (Å²) in [6, 6.07) is 0. The molecule has 268 valence electrons. The lowest BCUT2D eigenvalue weighted by molar-refractivity contribution is -0.151. The predicted octanol–water partition coefficient (Wildman–Crippen LogP) is 8.34. The van der Waals surface area contributed by atoms with E-state index in [0.717, 1.165) is 86.4 Å². The number of ether oxygens (including phenoxy) is 1. The summed E-state index contributed by atoms with van der Waals surface area (Å²) in [5.41, 5.74) is 2.35. The van der Waals surface area contributed by atoms with Crippen molar-refractivity contribution < 1.29 is 24.5 Å². The highest BCUT2D eigenvalue weighted by atomic mass is 16.5. The summed E-state index contributed by atoms with van der Waals surface area (Å²) in [6.45, 7) is 15.8. The van der Waals surface area contributed by atoms with Crippen molar-refractivity contribution in [1.29, 1.82) is 0 Å². The van der Waals surface area contributed by atoms with Crippen LogP contribution in [0.25, 0.3) is 0 Å². The van der Waals surface area contributed by atoms with Gasteiger partial charge in [0.25, 0.3) is 0 Å². The number of carbonyl (C=O) groups is 2. The summed E-state index contributed by atoms with van der Waals surface area (Å²) in [5, 5.41) is 19.2. The second-order valence-corrected chi connectivity index (χ2v) is 17.9. The Kier molecular flexibility index (Phi) is 12.3. The first-order valence-corrected chi connectivity index (χ1v) is 19.8. The Labute approximate surface area is 286 Å². The third-order valence-corrected chi connectivity index (χ3v) is 14.7. The van der Waals surface area contributed by atoms with Gasteiger partial charge in [-0.25, -0.2) is 0 Å². The fourth-order valence-electron chi connectivity index (χ4n) is 11.4.